The van der Waals surface area contributed by atoms with Crippen LogP contribution in [0.25, 0.3) is 0 Å². The normalized spacial score (nSPS) is 15.7. The number of aromatic nitrogens is 1. The number of rotatable bonds is 6. The molecule has 1 aromatic carbocycles. The zero-order chi connectivity index (χ0) is 20.9. The van der Waals surface area contributed by atoms with Gasteiger partial charge in [-0.2, -0.15) is 13.2 Å². The van der Waals surface area contributed by atoms with Crippen molar-refractivity contribution in [2.45, 2.75) is 25.2 Å². The lowest BCUT2D eigenvalue weighted by Gasteiger charge is -2.27. The standard InChI is InChI=1S/C19H20F3N3O4/c1-27-13-2-3-16-14(9-13)15(5-7-28-16)25-18(26)24-10-12-4-6-23-17(8-12)29-11-19(20,21)22/h2-4,6,8-9,15H,5,7,10-11H2,1H3,(H2,24,25,26)/t15-/m1/s1. The Balaban J connectivity index is 1.56. The van der Waals surface area contributed by atoms with E-state index in [4.69, 9.17) is 9.47 Å². The van der Waals surface area contributed by atoms with Gasteiger partial charge in [0.05, 0.1) is 19.8 Å². The van der Waals surface area contributed by atoms with E-state index in [0.29, 0.717) is 30.1 Å². The van der Waals surface area contributed by atoms with Crippen LogP contribution in [0.1, 0.15) is 23.6 Å². The zero-order valence-corrected chi connectivity index (χ0v) is 15.6. The Hall–Kier alpha value is -3.17. The lowest BCUT2D eigenvalue weighted by molar-refractivity contribution is -0.154. The van der Waals surface area contributed by atoms with E-state index >= 15 is 0 Å². The maximum absolute atomic E-state index is 12.3. The molecule has 1 aromatic heterocycles. The molecule has 0 spiro atoms. The molecule has 0 saturated heterocycles. The number of ether oxygens (including phenoxy) is 3. The predicted molar refractivity (Wildman–Crippen MR) is 97.0 cm³/mol. The molecule has 10 heteroatoms. The van der Waals surface area contributed by atoms with Crippen molar-refractivity contribution in [1.29, 1.82) is 0 Å². The van der Waals surface area contributed by atoms with Gasteiger partial charge in [-0.25, -0.2) is 9.78 Å². The molecule has 2 amide bonds. The number of methoxy groups -OCH3 is 1. The number of halogens is 3. The minimum Gasteiger partial charge on any atom is -0.497 e. The summed E-state index contributed by atoms with van der Waals surface area (Å²) in [5.41, 5.74) is 1.37. The molecule has 0 fully saturated rings. The molecule has 2 heterocycles. The van der Waals surface area contributed by atoms with Crippen molar-refractivity contribution in [1.82, 2.24) is 15.6 Å². The number of hydrogen-bond donors (Lipinski definition) is 2. The molecule has 0 unspecified atom stereocenters. The fourth-order valence-corrected chi connectivity index (χ4v) is 2.84. The molecular formula is C19H20F3N3O4. The van der Waals surface area contributed by atoms with Gasteiger partial charge < -0.3 is 24.8 Å². The van der Waals surface area contributed by atoms with Crippen LogP contribution in [0.3, 0.4) is 0 Å². The van der Waals surface area contributed by atoms with Crippen molar-refractivity contribution in [3.05, 3.63) is 47.7 Å². The van der Waals surface area contributed by atoms with Gasteiger partial charge in [-0.3, -0.25) is 0 Å². The summed E-state index contributed by atoms with van der Waals surface area (Å²) in [7, 11) is 1.56. The number of carbonyl (C=O) groups excluding carboxylic acids is 1. The minimum atomic E-state index is -4.45. The second kappa shape index (κ2) is 8.89. The fraction of sp³-hybridized carbons (Fsp3) is 0.368. The molecule has 1 aliphatic rings. The van der Waals surface area contributed by atoms with Gasteiger partial charge in [0, 0.05) is 30.8 Å². The largest absolute Gasteiger partial charge is 0.497 e. The number of fused-ring (bicyclic) bond motifs is 1. The average molecular weight is 411 g/mol. The molecule has 1 aliphatic heterocycles. The number of benzene rings is 1. The van der Waals surface area contributed by atoms with Gasteiger partial charge in [0.15, 0.2) is 6.61 Å². The number of hydrogen-bond acceptors (Lipinski definition) is 5. The summed E-state index contributed by atoms with van der Waals surface area (Å²) in [4.78, 5) is 16.0. The van der Waals surface area contributed by atoms with Crippen LogP contribution in [0, 0.1) is 0 Å². The highest BCUT2D eigenvalue weighted by Gasteiger charge is 2.28. The van der Waals surface area contributed by atoms with Crippen LogP contribution in [-0.2, 0) is 6.54 Å². The van der Waals surface area contributed by atoms with Crippen LogP contribution < -0.4 is 24.8 Å². The monoisotopic (exact) mass is 411 g/mol. The van der Waals surface area contributed by atoms with Crippen molar-refractivity contribution in [2.24, 2.45) is 0 Å². The second-order valence-electron chi connectivity index (χ2n) is 6.33. The van der Waals surface area contributed by atoms with Crippen LogP contribution >= 0.6 is 0 Å². The van der Waals surface area contributed by atoms with Gasteiger partial charge in [-0.1, -0.05) is 0 Å². The molecule has 7 nitrogen and oxygen atoms in total. The molecule has 0 saturated carbocycles. The van der Waals surface area contributed by atoms with Crippen molar-refractivity contribution in [3.8, 4) is 17.4 Å². The molecule has 2 N–H and O–H groups in total. The highest BCUT2D eigenvalue weighted by atomic mass is 19.4. The first kappa shape index (κ1) is 20.6. The van der Waals surface area contributed by atoms with Crippen molar-refractivity contribution < 1.29 is 32.2 Å². The molecule has 3 rings (SSSR count). The summed E-state index contributed by atoms with van der Waals surface area (Å²) in [6.45, 7) is -0.858. The summed E-state index contributed by atoms with van der Waals surface area (Å²) in [5, 5.41) is 5.55. The molecule has 29 heavy (non-hydrogen) atoms. The molecule has 0 radical (unpaired) electrons. The van der Waals surface area contributed by atoms with E-state index in [1.165, 1.54) is 12.3 Å². The highest BCUT2D eigenvalue weighted by Crippen LogP contribution is 2.34. The van der Waals surface area contributed by atoms with Gasteiger partial charge in [0.1, 0.15) is 11.5 Å². The third-order valence-electron chi connectivity index (χ3n) is 4.20. The highest BCUT2D eigenvalue weighted by molar-refractivity contribution is 5.74. The molecule has 0 aliphatic carbocycles. The number of amides is 2. The first-order valence-corrected chi connectivity index (χ1v) is 8.83. The SMILES string of the molecule is COc1ccc2c(c1)[C@H](NC(=O)NCc1ccnc(OCC(F)(F)F)c1)CCO2. The summed E-state index contributed by atoms with van der Waals surface area (Å²) in [5.74, 6) is 1.18. The Bertz CT molecular complexity index is 861. The second-order valence-corrected chi connectivity index (χ2v) is 6.33. The Kier molecular flexibility index (Phi) is 6.30. The van der Waals surface area contributed by atoms with E-state index in [0.717, 1.165) is 5.56 Å². The van der Waals surface area contributed by atoms with Gasteiger partial charge in [0.25, 0.3) is 0 Å². The summed E-state index contributed by atoms with van der Waals surface area (Å²) >= 11 is 0. The number of alkyl halides is 3. The van der Waals surface area contributed by atoms with Crippen molar-refractivity contribution in [3.63, 3.8) is 0 Å². The quantitative estimate of drug-likeness (QED) is 0.762. The van der Waals surface area contributed by atoms with Crippen LogP contribution in [-0.4, -0.2) is 37.5 Å². The van der Waals surface area contributed by atoms with E-state index in [1.807, 2.05) is 6.07 Å². The Labute approximate surface area is 165 Å². The van der Waals surface area contributed by atoms with Gasteiger partial charge >= 0.3 is 12.2 Å². The van der Waals surface area contributed by atoms with Gasteiger partial charge in [-0.05, 0) is 29.8 Å². The number of nitrogens with zero attached hydrogens (tertiary/aromatic N) is 1. The molecule has 156 valence electrons. The number of carbonyl (C=O) groups is 1. The fourth-order valence-electron chi connectivity index (χ4n) is 2.84. The van der Waals surface area contributed by atoms with Crippen LogP contribution in [0.15, 0.2) is 36.5 Å². The Morgan fingerprint density at radius 1 is 1.31 bits per heavy atom. The molecule has 0 bridgehead atoms. The predicted octanol–water partition coefficient (Wildman–Crippen LogP) is 3.35. The number of pyridine rings is 1. The molecule has 1 atom stereocenters. The third kappa shape index (κ3) is 5.90. The zero-order valence-electron chi connectivity index (χ0n) is 15.6. The summed E-state index contributed by atoms with van der Waals surface area (Å²) in [6, 6.07) is 7.64. The maximum Gasteiger partial charge on any atom is 0.422 e. The maximum atomic E-state index is 12.3. The Morgan fingerprint density at radius 2 is 2.14 bits per heavy atom. The lowest BCUT2D eigenvalue weighted by Crippen LogP contribution is -2.39. The van der Waals surface area contributed by atoms with Crippen LogP contribution in [0.5, 0.6) is 17.4 Å². The average Bonchev–Trinajstić information content (AvgIpc) is 2.70. The minimum absolute atomic E-state index is 0.102. The number of nitrogens with one attached hydrogen (secondary N) is 2. The van der Waals surface area contributed by atoms with Crippen LogP contribution in [0.4, 0.5) is 18.0 Å². The van der Waals surface area contributed by atoms with Gasteiger partial charge in [-0.15, -0.1) is 0 Å². The van der Waals surface area contributed by atoms with Crippen molar-refractivity contribution in [2.75, 3.05) is 20.3 Å². The summed E-state index contributed by atoms with van der Waals surface area (Å²) < 4.78 is 52.1. The first-order chi connectivity index (χ1) is 13.8. The van der Waals surface area contributed by atoms with E-state index in [2.05, 4.69) is 20.4 Å². The van der Waals surface area contributed by atoms with Crippen molar-refractivity contribution >= 4 is 6.03 Å². The summed E-state index contributed by atoms with van der Waals surface area (Å²) in [6.07, 6.45) is -2.53. The van der Waals surface area contributed by atoms with E-state index < -0.39 is 18.8 Å². The third-order valence-corrected chi connectivity index (χ3v) is 4.20. The van der Waals surface area contributed by atoms with E-state index in [9.17, 15) is 18.0 Å². The van der Waals surface area contributed by atoms with Crippen LogP contribution in [0.2, 0.25) is 0 Å². The van der Waals surface area contributed by atoms with Gasteiger partial charge in [0.2, 0.25) is 5.88 Å². The smallest absolute Gasteiger partial charge is 0.422 e. The first-order valence-electron chi connectivity index (χ1n) is 8.83. The molecular weight excluding hydrogens is 391 g/mol. The Morgan fingerprint density at radius 3 is 2.90 bits per heavy atom. The topological polar surface area (TPSA) is 81.7 Å². The van der Waals surface area contributed by atoms with E-state index in [-0.39, 0.29) is 18.5 Å². The lowest BCUT2D eigenvalue weighted by atomic mass is 10.0. The number of urea groups is 1. The van der Waals surface area contributed by atoms with E-state index in [1.54, 1.807) is 25.3 Å². The molecule has 2 aromatic rings.